The zero-order valence-electron chi connectivity index (χ0n) is 13.0. The van der Waals surface area contributed by atoms with Crippen molar-refractivity contribution in [3.05, 3.63) is 0 Å². The van der Waals surface area contributed by atoms with Crippen molar-refractivity contribution in [1.82, 2.24) is 4.90 Å². The molecular weight excluding hydrogens is 288 g/mol. The van der Waals surface area contributed by atoms with Crippen LogP contribution in [0, 0.1) is 5.92 Å². The Bertz CT molecular complexity index is 456. The molecule has 1 amide bonds. The summed E-state index contributed by atoms with van der Waals surface area (Å²) in [7, 11) is -3.10. The SMILES string of the molecule is CC(N)C1CCCN(C(=O)CCS(=O)(=O)C2CCCC2)C1. The lowest BCUT2D eigenvalue weighted by atomic mass is 9.92. The Morgan fingerprint density at radius 1 is 1.24 bits per heavy atom. The van der Waals surface area contributed by atoms with E-state index in [2.05, 4.69) is 0 Å². The molecule has 2 atom stereocenters. The lowest BCUT2D eigenvalue weighted by Crippen LogP contribution is -2.45. The number of nitrogens with zero attached hydrogens (tertiary/aromatic N) is 1. The standard InChI is InChI=1S/C15H28N2O3S/c1-12(16)13-5-4-9-17(11-13)15(18)8-10-21(19,20)14-6-2-3-7-14/h12-14H,2-11,16H2,1H3. The molecule has 1 saturated carbocycles. The van der Waals surface area contributed by atoms with Crippen molar-refractivity contribution in [2.75, 3.05) is 18.8 Å². The Hall–Kier alpha value is -0.620. The van der Waals surface area contributed by atoms with Crippen molar-refractivity contribution in [3.8, 4) is 0 Å². The maximum absolute atomic E-state index is 12.2. The normalized spacial score (nSPS) is 26.0. The van der Waals surface area contributed by atoms with E-state index in [1.807, 2.05) is 11.8 Å². The lowest BCUT2D eigenvalue weighted by Gasteiger charge is -2.34. The molecule has 122 valence electrons. The number of piperidine rings is 1. The molecule has 0 spiro atoms. The van der Waals surface area contributed by atoms with Crippen LogP contribution in [0.1, 0.15) is 51.9 Å². The number of likely N-dealkylation sites (tertiary alicyclic amines) is 1. The number of rotatable bonds is 5. The smallest absolute Gasteiger partial charge is 0.223 e. The van der Waals surface area contributed by atoms with Crippen molar-refractivity contribution in [2.45, 2.75) is 63.2 Å². The second kappa shape index (κ2) is 7.09. The highest BCUT2D eigenvalue weighted by Crippen LogP contribution is 2.26. The molecule has 2 aliphatic rings. The van der Waals surface area contributed by atoms with Crippen LogP contribution in [-0.2, 0) is 14.6 Å². The first-order chi connectivity index (χ1) is 9.90. The highest BCUT2D eigenvalue weighted by atomic mass is 32.2. The minimum atomic E-state index is -3.10. The molecule has 0 aromatic carbocycles. The van der Waals surface area contributed by atoms with E-state index in [4.69, 9.17) is 5.73 Å². The first kappa shape index (κ1) is 16.7. The fraction of sp³-hybridized carbons (Fsp3) is 0.933. The molecule has 0 aromatic heterocycles. The van der Waals surface area contributed by atoms with Crippen LogP contribution in [0.4, 0.5) is 0 Å². The van der Waals surface area contributed by atoms with Gasteiger partial charge in [-0.2, -0.15) is 0 Å². The topological polar surface area (TPSA) is 80.5 Å². The van der Waals surface area contributed by atoms with Crippen molar-refractivity contribution in [3.63, 3.8) is 0 Å². The summed E-state index contributed by atoms with van der Waals surface area (Å²) in [5.74, 6) is 0.326. The van der Waals surface area contributed by atoms with E-state index < -0.39 is 9.84 Å². The fourth-order valence-corrected chi connectivity index (χ4v) is 5.31. The largest absolute Gasteiger partial charge is 0.342 e. The molecule has 1 saturated heterocycles. The van der Waals surface area contributed by atoms with Crippen LogP contribution in [-0.4, -0.2) is 49.4 Å². The van der Waals surface area contributed by atoms with Gasteiger partial charge < -0.3 is 10.6 Å². The average Bonchev–Trinajstić information content (AvgIpc) is 3.00. The molecular formula is C15H28N2O3S. The minimum absolute atomic E-state index is 0.00977. The predicted octanol–water partition coefficient (Wildman–Crippen LogP) is 1.32. The summed E-state index contributed by atoms with van der Waals surface area (Å²) < 4.78 is 24.4. The summed E-state index contributed by atoms with van der Waals surface area (Å²) >= 11 is 0. The van der Waals surface area contributed by atoms with E-state index in [9.17, 15) is 13.2 Å². The monoisotopic (exact) mass is 316 g/mol. The van der Waals surface area contributed by atoms with Crippen LogP contribution in [0.2, 0.25) is 0 Å². The van der Waals surface area contributed by atoms with Gasteiger partial charge in [-0.15, -0.1) is 0 Å². The van der Waals surface area contributed by atoms with Gasteiger partial charge in [0.15, 0.2) is 9.84 Å². The van der Waals surface area contributed by atoms with Crippen molar-refractivity contribution < 1.29 is 13.2 Å². The third kappa shape index (κ3) is 4.42. The maximum atomic E-state index is 12.2. The van der Waals surface area contributed by atoms with Crippen LogP contribution in [0.3, 0.4) is 0 Å². The van der Waals surface area contributed by atoms with Gasteiger partial charge >= 0.3 is 0 Å². The van der Waals surface area contributed by atoms with E-state index >= 15 is 0 Å². The number of carbonyl (C=O) groups excluding carboxylic acids is 1. The average molecular weight is 316 g/mol. The van der Waals surface area contributed by atoms with Gasteiger partial charge in [-0.05, 0) is 38.5 Å². The van der Waals surface area contributed by atoms with Gasteiger partial charge in [0.2, 0.25) is 5.91 Å². The molecule has 5 nitrogen and oxygen atoms in total. The second-order valence-corrected chi connectivity index (χ2v) is 9.03. The number of amides is 1. The molecule has 0 bridgehead atoms. The highest BCUT2D eigenvalue weighted by Gasteiger charge is 2.31. The predicted molar refractivity (Wildman–Crippen MR) is 83.6 cm³/mol. The Morgan fingerprint density at radius 2 is 1.90 bits per heavy atom. The summed E-state index contributed by atoms with van der Waals surface area (Å²) in [4.78, 5) is 14.1. The third-order valence-electron chi connectivity index (χ3n) is 4.96. The van der Waals surface area contributed by atoms with Crippen LogP contribution < -0.4 is 5.73 Å². The van der Waals surface area contributed by atoms with Gasteiger partial charge in [0.05, 0.1) is 11.0 Å². The van der Waals surface area contributed by atoms with E-state index in [1.54, 1.807) is 0 Å². The lowest BCUT2D eigenvalue weighted by molar-refractivity contribution is -0.132. The Labute approximate surface area is 128 Å². The van der Waals surface area contributed by atoms with E-state index in [0.717, 1.165) is 45.1 Å². The highest BCUT2D eigenvalue weighted by molar-refractivity contribution is 7.92. The van der Waals surface area contributed by atoms with Crippen LogP contribution >= 0.6 is 0 Å². The molecule has 2 fully saturated rings. The van der Waals surface area contributed by atoms with Gasteiger partial charge in [-0.1, -0.05) is 12.8 Å². The van der Waals surface area contributed by atoms with Crippen molar-refractivity contribution in [1.29, 1.82) is 0 Å². The summed E-state index contributed by atoms with van der Waals surface area (Å²) in [6, 6.07) is 0.0859. The van der Waals surface area contributed by atoms with E-state index in [0.29, 0.717) is 12.5 Å². The van der Waals surface area contributed by atoms with E-state index in [-0.39, 0.29) is 29.4 Å². The molecule has 0 radical (unpaired) electrons. The van der Waals surface area contributed by atoms with Crippen molar-refractivity contribution >= 4 is 15.7 Å². The molecule has 2 N–H and O–H groups in total. The number of hydrogen-bond donors (Lipinski definition) is 1. The zero-order chi connectivity index (χ0) is 15.5. The number of carbonyl (C=O) groups is 1. The molecule has 1 heterocycles. The molecule has 2 rings (SSSR count). The molecule has 2 unspecified atom stereocenters. The summed E-state index contributed by atoms with van der Waals surface area (Å²) in [6.45, 7) is 3.40. The first-order valence-corrected chi connectivity index (χ1v) is 9.86. The van der Waals surface area contributed by atoms with Crippen LogP contribution in [0.25, 0.3) is 0 Å². The maximum Gasteiger partial charge on any atom is 0.223 e. The van der Waals surface area contributed by atoms with Gasteiger partial charge in [0.1, 0.15) is 0 Å². The van der Waals surface area contributed by atoms with Gasteiger partial charge in [0, 0.05) is 25.6 Å². The Balaban J connectivity index is 1.83. The van der Waals surface area contributed by atoms with Crippen LogP contribution in [0.15, 0.2) is 0 Å². The molecule has 21 heavy (non-hydrogen) atoms. The molecule has 0 aromatic rings. The minimum Gasteiger partial charge on any atom is -0.342 e. The number of nitrogens with two attached hydrogens (primary N) is 1. The molecule has 1 aliphatic heterocycles. The molecule has 6 heteroatoms. The fourth-order valence-electron chi connectivity index (χ4n) is 3.47. The third-order valence-corrected chi connectivity index (χ3v) is 7.22. The zero-order valence-corrected chi connectivity index (χ0v) is 13.8. The number of sulfone groups is 1. The second-order valence-electron chi connectivity index (χ2n) is 6.62. The van der Waals surface area contributed by atoms with Gasteiger partial charge in [-0.25, -0.2) is 8.42 Å². The Kier molecular flexibility index (Phi) is 5.66. The first-order valence-electron chi connectivity index (χ1n) is 8.15. The summed E-state index contributed by atoms with van der Waals surface area (Å²) in [6.07, 6.45) is 5.69. The summed E-state index contributed by atoms with van der Waals surface area (Å²) in [5.41, 5.74) is 5.92. The molecule has 1 aliphatic carbocycles. The van der Waals surface area contributed by atoms with Crippen LogP contribution in [0.5, 0.6) is 0 Å². The van der Waals surface area contributed by atoms with Gasteiger partial charge in [0.25, 0.3) is 0 Å². The number of hydrogen-bond acceptors (Lipinski definition) is 4. The van der Waals surface area contributed by atoms with E-state index in [1.165, 1.54) is 0 Å². The van der Waals surface area contributed by atoms with Crippen molar-refractivity contribution in [2.24, 2.45) is 11.7 Å². The quantitative estimate of drug-likeness (QED) is 0.829. The summed E-state index contributed by atoms with van der Waals surface area (Å²) in [5, 5.41) is -0.205. The Morgan fingerprint density at radius 3 is 2.52 bits per heavy atom. The van der Waals surface area contributed by atoms with Gasteiger partial charge in [-0.3, -0.25) is 4.79 Å².